The summed E-state index contributed by atoms with van der Waals surface area (Å²) in [5.74, 6) is 0.875. The second kappa shape index (κ2) is 11.7. The first-order valence-corrected chi connectivity index (χ1v) is 8.66. The Labute approximate surface area is 163 Å². The number of likely N-dealkylation sites (N-methyl/N-ethyl adjacent to an activating group) is 1. The van der Waals surface area contributed by atoms with Crippen molar-refractivity contribution in [1.82, 2.24) is 20.4 Å². The van der Waals surface area contributed by atoms with E-state index in [1.807, 2.05) is 7.05 Å². The number of nitrogens with zero attached hydrogens (tertiary/aromatic N) is 3. The van der Waals surface area contributed by atoms with Gasteiger partial charge >= 0.3 is 0 Å². The summed E-state index contributed by atoms with van der Waals surface area (Å²) in [4.78, 5) is 9.34. The van der Waals surface area contributed by atoms with Gasteiger partial charge in [0.15, 0.2) is 5.96 Å². The molecule has 0 aromatic heterocycles. The summed E-state index contributed by atoms with van der Waals surface area (Å²) in [6.07, 6.45) is 0. The van der Waals surface area contributed by atoms with E-state index in [9.17, 15) is 0 Å². The van der Waals surface area contributed by atoms with Crippen LogP contribution in [0.4, 0.5) is 0 Å². The minimum atomic E-state index is 0. The lowest BCUT2D eigenvalue weighted by atomic mass is 10.1. The molecule has 1 saturated heterocycles. The molecule has 1 aromatic carbocycles. The van der Waals surface area contributed by atoms with E-state index in [0.717, 1.165) is 25.6 Å². The average molecular weight is 445 g/mol. The highest BCUT2D eigenvalue weighted by Gasteiger charge is 2.14. The molecule has 0 amide bonds. The molecule has 1 fully saturated rings. The Hall–Kier alpha value is -0.860. The Balaban J connectivity index is 0.00000288. The predicted octanol–water partition coefficient (Wildman–Crippen LogP) is 1.92. The van der Waals surface area contributed by atoms with Crippen molar-refractivity contribution in [2.45, 2.75) is 20.4 Å². The first-order chi connectivity index (χ1) is 11.2. The second-order valence-corrected chi connectivity index (χ2v) is 6.05. The summed E-state index contributed by atoms with van der Waals surface area (Å²) in [5, 5.41) is 6.81. The summed E-state index contributed by atoms with van der Waals surface area (Å²) in [5.41, 5.74) is 2.62. The molecule has 0 radical (unpaired) electrons. The minimum absolute atomic E-state index is 0. The third-order valence-corrected chi connectivity index (χ3v) is 4.56. The van der Waals surface area contributed by atoms with Crippen LogP contribution in [0.1, 0.15) is 18.1 Å². The van der Waals surface area contributed by atoms with E-state index < -0.39 is 0 Å². The number of hydrogen-bond acceptors (Lipinski definition) is 3. The number of piperazine rings is 1. The van der Waals surface area contributed by atoms with E-state index in [-0.39, 0.29) is 24.0 Å². The molecule has 5 nitrogen and oxygen atoms in total. The lowest BCUT2D eigenvalue weighted by Gasteiger charge is -2.34. The quantitative estimate of drug-likeness (QED) is 0.399. The first kappa shape index (κ1) is 21.2. The average Bonchev–Trinajstić information content (AvgIpc) is 2.59. The third kappa shape index (κ3) is 6.94. The fourth-order valence-electron chi connectivity index (χ4n) is 2.87. The van der Waals surface area contributed by atoms with Gasteiger partial charge in [-0.25, -0.2) is 0 Å². The molecule has 0 spiro atoms. The van der Waals surface area contributed by atoms with Crippen molar-refractivity contribution < 1.29 is 0 Å². The lowest BCUT2D eigenvalue weighted by molar-refractivity contribution is 0.139. The van der Waals surface area contributed by atoms with E-state index in [1.165, 1.54) is 43.9 Å². The van der Waals surface area contributed by atoms with Gasteiger partial charge in [-0.3, -0.25) is 9.89 Å². The number of nitrogens with one attached hydrogen (secondary N) is 2. The van der Waals surface area contributed by atoms with Crippen molar-refractivity contribution in [2.24, 2.45) is 4.99 Å². The topological polar surface area (TPSA) is 42.9 Å². The molecular weight excluding hydrogens is 413 g/mol. The summed E-state index contributed by atoms with van der Waals surface area (Å²) in [6, 6.07) is 8.45. The molecule has 1 aliphatic heterocycles. The van der Waals surface area contributed by atoms with Gasteiger partial charge in [0, 0.05) is 52.9 Å². The molecule has 6 heteroatoms. The van der Waals surface area contributed by atoms with Gasteiger partial charge in [0.25, 0.3) is 0 Å². The van der Waals surface area contributed by atoms with Gasteiger partial charge in [-0.05, 0) is 24.6 Å². The molecule has 1 aliphatic rings. The van der Waals surface area contributed by atoms with Gasteiger partial charge in [-0.1, -0.05) is 31.2 Å². The zero-order chi connectivity index (χ0) is 16.5. The van der Waals surface area contributed by atoms with Crippen LogP contribution >= 0.6 is 24.0 Å². The number of halogens is 1. The zero-order valence-electron chi connectivity index (χ0n) is 15.2. The van der Waals surface area contributed by atoms with Crippen molar-refractivity contribution in [3.05, 3.63) is 35.4 Å². The van der Waals surface area contributed by atoms with Crippen LogP contribution in [0.15, 0.2) is 29.3 Å². The zero-order valence-corrected chi connectivity index (χ0v) is 17.5. The fraction of sp³-hybridized carbons (Fsp3) is 0.611. The Morgan fingerprint density at radius 1 is 1.08 bits per heavy atom. The van der Waals surface area contributed by atoms with Gasteiger partial charge in [0.1, 0.15) is 0 Å². The van der Waals surface area contributed by atoms with Crippen molar-refractivity contribution >= 4 is 29.9 Å². The van der Waals surface area contributed by atoms with E-state index in [0.29, 0.717) is 0 Å². The normalized spacial score (nSPS) is 16.5. The van der Waals surface area contributed by atoms with Crippen molar-refractivity contribution in [2.75, 3.05) is 52.9 Å². The monoisotopic (exact) mass is 445 g/mol. The molecule has 24 heavy (non-hydrogen) atoms. The standard InChI is InChI=1S/C18H31N5.HI/c1-4-22-11-13-23(14-12-22)10-9-20-18(19-3)21-15-17-8-6-5-7-16(17)2;/h5-8H,4,9-15H2,1-3H3,(H2,19,20,21);1H. The highest BCUT2D eigenvalue weighted by molar-refractivity contribution is 14.0. The van der Waals surface area contributed by atoms with Crippen LogP contribution < -0.4 is 10.6 Å². The number of guanidine groups is 1. The maximum atomic E-state index is 4.31. The first-order valence-electron chi connectivity index (χ1n) is 8.66. The van der Waals surface area contributed by atoms with Crippen LogP contribution in [0.25, 0.3) is 0 Å². The van der Waals surface area contributed by atoms with Gasteiger partial charge in [0.2, 0.25) is 0 Å². The third-order valence-electron chi connectivity index (χ3n) is 4.56. The summed E-state index contributed by atoms with van der Waals surface area (Å²) < 4.78 is 0. The summed E-state index contributed by atoms with van der Waals surface area (Å²) >= 11 is 0. The maximum Gasteiger partial charge on any atom is 0.191 e. The molecule has 136 valence electrons. The van der Waals surface area contributed by atoms with Crippen LogP contribution in [0.5, 0.6) is 0 Å². The molecule has 0 bridgehead atoms. The smallest absolute Gasteiger partial charge is 0.191 e. The highest BCUT2D eigenvalue weighted by atomic mass is 127. The van der Waals surface area contributed by atoms with Crippen LogP contribution in [0.3, 0.4) is 0 Å². The van der Waals surface area contributed by atoms with Crippen LogP contribution in [0.2, 0.25) is 0 Å². The largest absolute Gasteiger partial charge is 0.355 e. The van der Waals surface area contributed by atoms with E-state index in [4.69, 9.17) is 0 Å². The molecule has 0 aliphatic carbocycles. The Morgan fingerprint density at radius 3 is 2.38 bits per heavy atom. The summed E-state index contributed by atoms with van der Waals surface area (Å²) in [6.45, 7) is 13.1. The SMILES string of the molecule is CCN1CCN(CCNC(=NC)NCc2ccccc2C)CC1.I. The number of rotatable bonds is 6. The molecule has 1 heterocycles. The number of aliphatic imine (C=N–C) groups is 1. The van der Waals surface area contributed by atoms with E-state index in [1.54, 1.807) is 0 Å². The number of aryl methyl sites for hydroxylation is 1. The van der Waals surface area contributed by atoms with Crippen LogP contribution in [-0.4, -0.2) is 68.6 Å². The number of benzene rings is 1. The molecule has 0 atom stereocenters. The van der Waals surface area contributed by atoms with Crippen LogP contribution in [-0.2, 0) is 6.54 Å². The molecular formula is C18H32IN5. The van der Waals surface area contributed by atoms with E-state index >= 15 is 0 Å². The Morgan fingerprint density at radius 2 is 1.75 bits per heavy atom. The van der Waals surface area contributed by atoms with Gasteiger partial charge < -0.3 is 15.5 Å². The predicted molar refractivity (Wildman–Crippen MR) is 113 cm³/mol. The van der Waals surface area contributed by atoms with Gasteiger partial charge in [-0.2, -0.15) is 0 Å². The molecule has 2 rings (SSSR count). The van der Waals surface area contributed by atoms with Crippen molar-refractivity contribution in [3.63, 3.8) is 0 Å². The van der Waals surface area contributed by atoms with E-state index in [2.05, 4.69) is 63.5 Å². The fourth-order valence-corrected chi connectivity index (χ4v) is 2.87. The van der Waals surface area contributed by atoms with Gasteiger partial charge in [0.05, 0.1) is 0 Å². The Kier molecular flexibility index (Phi) is 10.3. The minimum Gasteiger partial charge on any atom is -0.355 e. The van der Waals surface area contributed by atoms with Crippen molar-refractivity contribution in [1.29, 1.82) is 0 Å². The number of hydrogen-bond donors (Lipinski definition) is 2. The second-order valence-electron chi connectivity index (χ2n) is 6.05. The molecule has 0 unspecified atom stereocenters. The maximum absolute atomic E-state index is 4.31. The molecule has 2 N–H and O–H groups in total. The van der Waals surface area contributed by atoms with Gasteiger partial charge in [-0.15, -0.1) is 24.0 Å². The summed E-state index contributed by atoms with van der Waals surface area (Å²) in [7, 11) is 1.83. The van der Waals surface area contributed by atoms with Crippen LogP contribution in [0, 0.1) is 6.92 Å². The molecule has 1 aromatic rings. The Bertz CT molecular complexity index is 498. The molecule has 0 saturated carbocycles. The van der Waals surface area contributed by atoms with Crippen molar-refractivity contribution in [3.8, 4) is 0 Å². The highest BCUT2D eigenvalue weighted by Crippen LogP contribution is 2.05. The lowest BCUT2D eigenvalue weighted by Crippen LogP contribution is -2.49.